The molecule has 0 aliphatic carbocycles. The average molecular weight is 319 g/mol. The summed E-state index contributed by atoms with van der Waals surface area (Å²) >= 11 is 0. The minimum Gasteiger partial charge on any atom is -0.507 e. The number of aromatic hydroxyl groups is 1. The minimum atomic E-state index is -0.272. The van der Waals surface area contributed by atoms with E-state index in [1.165, 1.54) is 0 Å². The Morgan fingerprint density at radius 3 is 2.30 bits per heavy atom. The highest BCUT2D eigenvalue weighted by atomic mass is 16.5. The van der Waals surface area contributed by atoms with E-state index < -0.39 is 0 Å². The first-order valence-corrected chi connectivity index (χ1v) is 8.30. The predicted octanol–water partition coefficient (Wildman–Crippen LogP) is 3.85. The number of phenols is 1. The van der Waals surface area contributed by atoms with Gasteiger partial charge in [0.25, 0.3) is 5.91 Å². The maximum Gasteiger partial charge on any atom is 0.257 e. The van der Waals surface area contributed by atoms with Crippen LogP contribution >= 0.6 is 0 Å². The highest BCUT2D eigenvalue weighted by molar-refractivity contribution is 5.97. The zero-order valence-corrected chi connectivity index (χ0v) is 15.1. The minimum absolute atomic E-state index is 0.0704. The zero-order chi connectivity index (χ0) is 17.4. The third kappa shape index (κ3) is 4.05. The van der Waals surface area contributed by atoms with Crippen LogP contribution in [-0.4, -0.2) is 23.8 Å². The first-order valence-electron chi connectivity index (χ1n) is 8.30. The van der Waals surface area contributed by atoms with Crippen LogP contribution in [0.4, 0.5) is 0 Å². The molecule has 1 fully saturated rings. The van der Waals surface area contributed by atoms with Crippen molar-refractivity contribution in [2.45, 2.75) is 71.4 Å². The molecular weight excluding hydrogens is 290 g/mol. The molecule has 4 nitrogen and oxygen atoms in total. The summed E-state index contributed by atoms with van der Waals surface area (Å²) in [5, 5.41) is 13.5. The van der Waals surface area contributed by atoms with Gasteiger partial charge in [-0.2, -0.15) is 0 Å². The largest absolute Gasteiger partial charge is 0.507 e. The molecule has 0 aromatic heterocycles. The second-order valence-electron chi connectivity index (χ2n) is 8.40. The van der Waals surface area contributed by atoms with Crippen LogP contribution in [0.25, 0.3) is 0 Å². The molecule has 1 aromatic rings. The Bertz CT molecular complexity index is 588. The first-order chi connectivity index (χ1) is 10.5. The third-order valence-corrected chi connectivity index (χ3v) is 4.25. The SMILES string of the molecule is CC(C)(C)c1cc(C(=O)NC2CCCO2)c(O)c(C(C)(C)C)c1. The molecule has 1 aliphatic heterocycles. The smallest absolute Gasteiger partial charge is 0.257 e. The van der Waals surface area contributed by atoms with E-state index in [2.05, 4.69) is 26.1 Å². The summed E-state index contributed by atoms with van der Waals surface area (Å²) in [5.41, 5.74) is 1.81. The number of carbonyl (C=O) groups is 1. The molecule has 1 aromatic carbocycles. The van der Waals surface area contributed by atoms with Crippen molar-refractivity contribution in [2.24, 2.45) is 0 Å². The summed E-state index contributed by atoms with van der Waals surface area (Å²) in [6.45, 7) is 13.1. The number of phenolic OH excluding ortho intramolecular Hbond substituents is 1. The molecule has 0 radical (unpaired) electrons. The summed E-state index contributed by atoms with van der Waals surface area (Å²) in [6.07, 6.45) is 1.52. The highest BCUT2D eigenvalue weighted by Gasteiger charge is 2.28. The molecule has 1 saturated heterocycles. The van der Waals surface area contributed by atoms with Gasteiger partial charge in [0.05, 0.1) is 5.56 Å². The molecule has 4 heteroatoms. The Labute approximate surface area is 139 Å². The number of nitrogens with one attached hydrogen (secondary N) is 1. The van der Waals surface area contributed by atoms with Crippen molar-refractivity contribution in [3.8, 4) is 5.75 Å². The van der Waals surface area contributed by atoms with Gasteiger partial charge in [-0.25, -0.2) is 0 Å². The van der Waals surface area contributed by atoms with Crippen LogP contribution in [-0.2, 0) is 15.6 Å². The fraction of sp³-hybridized carbons (Fsp3) is 0.632. The lowest BCUT2D eigenvalue weighted by Crippen LogP contribution is -2.34. The second kappa shape index (κ2) is 6.16. The van der Waals surface area contributed by atoms with Crippen LogP contribution in [0, 0.1) is 0 Å². The van der Waals surface area contributed by atoms with Crippen molar-refractivity contribution >= 4 is 5.91 Å². The molecule has 2 N–H and O–H groups in total. The van der Waals surface area contributed by atoms with Gasteiger partial charge in [0.15, 0.2) is 0 Å². The van der Waals surface area contributed by atoms with Gasteiger partial charge in [-0.3, -0.25) is 4.79 Å². The molecule has 23 heavy (non-hydrogen) atoms. The Kier molecular flexibility index (Phi) is 4.76. The van der Waals surface area contributed by atoms with Crippen molar-refractivity contribution in [1.82, 2.24) is 5.32 Å². The molecule has 1 atom stereocenters. The first kappa shape index (κ1) is 17.8. The van der Waals surface area contributed by atoms with E-state index in [1.54, 1.807) is 6.07 Å². The number of benzene rings is 1. The third-order valence-electron chi connectivity index (χ3n) is 4.25. The van der Waals surface area contributed by atoms with E-state index in [-0.39, 0.29) is 28.7 Å². The van der Waals surface area contributed by atoms with Crippen LogP contribution in [0.2, 0.25) is 0 Å². The Morgan fingerprint density at radius 2 is 1.83 bits per heavy atom. The summed E-state index contributed by atoms with van der Waals surface area (Å²) in [5.74, 6) is -0.202. The number of rotatable bonds is 2. The predicted molar refractivity (Wildman–Crippen MR) is 91.9 cm³/mol. The number of carbonyl (C=O) groups excluding carboxylic acids is 1. The molecule has 1 unspecified atom stereocenters. The number of amides is 1. The molecule has 0 spiro atoms. The van der Waals surface area contributed by atoms with Gasteiger partial charge >= 0.3 is 0 Å². The van der Waals surface area contributed by atoms with E-state index in [0.29, 0.717) is 12.2 Å². The Hall–Kier alpha value is -1.55. The maximum absolute atomic E-state index is 12.6. The van der Waals surface area contributed by atoms with Crippen LogP contribution in [0.1, 0.15) is 75.9 Å². The van der Waals surface area contributed by atoms with E-state index in [1.807, 2.05) is 26.8 Å². The lowest BCUT2D eigenvalue weighted by molar-refractivity contribution is 0.0637. The lowest BCUT2D eigenvalue weighted by Gasteiger charge is -2.27. The normalized spacial score (nSPS) is 19.0. The topological polar surface area (TPSA) is 58.6 Å². The Balaban J connectivity index is 2.46. The van der Waals surface area contributed by atoms with Crippen molar-refractivity contribution in [3.63, 3.8) is 0 Å². The van der Waals surface area contributed by atoms with Crippen LogP contribution in [0.5, 0.6) is 5.75 Å². The summed E-state index contributed by atoms with van der Waals surface area (Å²) in [7, 11) is 0. The van der Waals surface area contributed by atoms with Crippen molar-refractivity contribution in [3.05, 3.63) is 28.8 Å². The van der Waals surface area contributed by atoms with Gasteiger partial charge in [0.1, 0.15) is 12.0 Å². The number of hydrogen-bond donors (Lipinski definition) is 2. The number of hydrogen-bond acceptors (Lipinski definition) is 3. The zero-order valence-electron chi connectivity index (χ0n) is 15.1. The molecular formula is C19H29NO3. The second-order valence-corrected chi connectivity index (χ2v) is 8.40. The van der Waals surface area contributed by atoms with Gasteiger partial charge in [-0.1, -0.05) is 47.6 Å². The van der Waals surface area contributed by atoms with E-state index in [4.69, 9.17) is 4.74 Å². The molecule has 2 rings (SSSR count). The molecule has 0 saturated carbocycles. The van der Waals surface area contributed by atoms with Crippen molar-refractivity contribution < 1.29 is 14.6 Å². The monoisotopic (exact) mass is 319 g/mol. The van der Waals surface area contributed by atoms with Crippen molar-refractivity contribution in [1.29, 1.82) is 0 Å². The average Bonchev–Trinajstić information content (AvgIpc) is 2.88. The molecule has 0 bridgehead atoms. The quantitative estimate of drug-likeness (QED) is 0.870. The van der Waals surface area contributed by atoms with Gasteiger partial charge in [-0.15, -0.1) is 0 Å². The highest BCUT2D eigenvalue weighted by Crippen LogP contribution is 2.37. The lowest BCUT2D eigenvalue weighted by atomic mass is 9.79. The van der Waals surface area contributed by atoms with E-state index in [0.717, 1.165) is 24.0 Å². The molecule has 128 valence electrons. The summed E-state index contributed by atoms with van der Waals surface area (Å²) < 4.78 is 5.47. The number of ether oxygens (including phenoxy) is 1. The van der Waals surface area contributed by atoms with Crippen LogP contribution in [0.3, 0.4) is 0 Å². The summed E-state index contributed by atoms with van der Waals surface area (Å²) in [4.78, 5) is 12.6. The van der Waals surface area contributed by atoms with E-state index >= 15 is 0 Å². The summed E-state index contributed by atoms with van der Waals surface area (Å²) in [6, 6.07) is 3.81. The maximum atomic E-state index is 12.6. The van der Waals surface area contributed by atoms with E-state index in [9.17, 15) is 9.90 Å². The molecule has 1 amide bonds. The molecule has 1 aliphatic rings. The van der Waals surface area contributed by atoms with Crippen LogP contribution < -0.4 is 5.32 Å². The Morgan fingerprint density at radius 1 is 1.17 bits per heavy atom. The van der Waals surface area contributed by atoms with Gasteiger partial charge in [0.2, 0.25) is 0 Å². The van der Waals surface area contributed by atoms with Gasteiger partial charge < -0.3 is 15.2 Å². The van der Waals surface area contributed by atoms with Crippen LogP contribution in [0.15, 0.2) is 12.1 Å². The fourth-order valence-corrected chi connectivity index (χ4v) is 2.73. The van der Waals surface area contributed by atoms with Gasteiger partial charge in [-0.05, 0) is 35.3 Å². The molecule has 1 heterocycles. The fourth-order valence-electron chi connectivity index (χ4n) is 2.73. The standard InChI is InChI=1S/C19H29NO3/c1-18(2,3)12-10-13(16(21)14(11-12)19(4,5)6)17(22)20-15-8-7-9-23-15/h10-11,15,21H,7-9H2,1-6H3,(H,20,22). The van der Waals surface area contributed by atoms with Crippen molar-refractivity contribution in [2.75, 3.05) is 6.61 Å². The van der Waals surface area contributed by atoms with Gasteiger partial charge in [0, 0.05) is 12.2 Å².